The summed E-state index contributed by atoms with van der Waals surface area (Å²) >= 11 is 0. The van der Waals surface area contributed by atoms with Crippen LogP contribution in [0.1, 0.15) is 39.0 Å². The van der Waals surface area contributed by atoms with Crippen molar-refractivity contribution in [1.29, 1.82) is 0 Å². The smallest absolute Gasteiger partial charge is 0.118 e. The quantitative estimate of drug-likeness (QED) is 0.691. The highest BCUT2D eigenvalue weighted by atomic mass is 19.1. The molecule has 72 valence electrons. The molecule has 1 rings (SSSR count). The van der Waals surface area contributed by atoms with E-state index in [1.54, 1.807) is 0 Å². The molecular weight excluding hydrogens is 153 g/mol. The van der Waals surface area contributed by atoms with E-state index in [0.29, 0.717) is 5.92 Å². The minimum atomic E-state index is -0.643. The van der Waals surface area contributed by atoms with Crippen molar-refractivity contribution < 1.29 is 4.39 Å². The lowest BCUT2D eigenvalue weighted by Gasteiger charge is -2.28. The second-order valence-corrected chi connectivity index (χ2v) is 3.92. The second kappa shape index (κ2) is 4.80. The summed E-state index contributed by atoms with van der Waals surface area (Å²) < 4.78 is 13.6. The minimum absolute atomic E-state index is 0.0214. The fraction of sp³-hybridized carbons (Fsp3) is 1.00. The first-order chi connectivity index (χ1) is 5.75. The first-order valence-corrected chi connectivity index (χ1v) is 5.07. The third kappa shape index (κ3) is 2.44. The Morgan fingerprint density at radius 1 is 1.25 bits per heavy atom. The monoisotopic (exact) mass is 173 g/mol. The van der Waals surface area contributed by atoms with Gasteiger partial charge in [0.15, 0.2) is 0 Å². The van der Waals surface area contributed by atoms with Crippen molar-refractivity contribution in [1.82, 2.24) is 5.32 Å². The predicted molar refractivity (Wildman–Crippen MR) is 50.0 cm³/mol. The third-order valence-corrected chi connectivity index (χ3v) is 3.03. The Hall–Kier alpha value is -0.110. The van der Waals surface area contributed by atoms with Crippen molar-refractivity contribution in [3.63, 3.8) is 0 Å². The summed E-state index contributed by atoms with van der Waals surface area (Å²) in [6.07, 6.45) is 5.29. The van der Waals surface area contributed by atoms with E-state index >= 15 is 0 Å². The minimum Gasteiger partial charge on any atom is -0.314 e. The zero-order valence-electron chi connectivity index (χ0n) is 8.15. The molecule has 0 aromatic rings. The molecule has 1 saturated carbocycles. The molecule has 1 N–H and O–H groups in total. The highest BCUT2D eigenvalue weighted by Crippen LogP contribution is 2.29. The summed E-state index contributed by atoms with van der Waals surface area (Å²) in [7, 11) is 1.83. The van der Waals surface area contributed by atoms with Crippen molar-refractivity contribution in [3.8, 4) is 0 Å². The number of hydrogen-bond donors (Lipinski definition) is 1. The molecule has 0 amide bonds. The van der Waals surface area contributed by atoms with Crippen molar-refractivity contribution in [2.75, 3.05) is 7.05 Å². The van der Waals surface area contributed by atoms with Gasteiger partial charge in [0.1, 0.15) is 6.17 Å². The van der Waals surface area contributed by atoms with Crippen LogP contribution in [0.5, 0.6) is 0 Å². The topological polar surface area (TPSA) is 12.0 Å². The Labute approximate surface area is 74.7 Å². The molecule has 0 aromatic heterocycles. The van der Waals surface area contributed by atoms with Crippen molar-refractivity contribution in [3.05, 3.63) is 0 Å². The average Bonchev–Trinajstić information content (AvgIpc) is 2.17. The molecule has 2 heteroatoms. The maximum atomic E-state index is 13.6. The largest absolute Gasteiger partial charge is 0.314 e. The zero-order valence-corrected chi connectivity index (χ0v) is 8.15. The normalized spacial score (nSPS) is 25.2. The van der Waals surface area contributed by atoms with Gasteiger partial charge in [-0.3, -0.25) is 0 Å². The molecule has 0 heterocycles. The summed E-state index contributed by atoms with van der Waals surface area (Å²) in [4.78, 5) is 0. The van der Waals surface area contributed by atoms with Gasteiger partial charge in [0.2, 0.25) is 0 Å². The van der Waals surface area contributed by atoms with Crippen molar-refractivity contribution >= 4 is 0 Å². The lowest BCUT2D eigenvalue weighted by Crippen LogP contribution is -2.37. The zero-order chi connectivity index (χ0) is 8.97. The van der Waals surface area contributed by atoms with Gasteiger partial charge in [0.25, 0.3) is 0 Å². The van der Waals surface area contributed by atoms with Crippen molar-refractivity contribution in [2.45, 2.75) is 51.2 Å². The maximum Gasteiger partial charge on any atom is 0.118 e. The third-order valence-electron chi connectivity index (χ3n) is 3.03. The van der Waals surface area contributed by atoms with E-state index < -0.39 is 6.17 Å². The molecular formula is C10H20FN. The summed E-state index contributed by atoms with van der Waals surface area (Å²) in [6, 6.07) is 0.0214. The van der Waals surface area contributed by atoms with Gasteiger partial charge in [-0.05, 0) is 32.7 Å². The van der Waals surface area contributed by atoms with Gasteiger partial charge < -0.3 is 5.32 Å². The maximum absolute atomic E-state index is 13.6. The van der Waals surface area contributed by atoms with Crippen LogP contribution in [0.3, 0.4) is 0 Å². The number of alkyl halides is 1. The van der Waals surface area contributed by atoms with Gasteiger partial charge in [0, 0.05) is 6.04 Å². The van der Waals surface area contributed by atoms with Crippen LogP contribution in [0.2, 0.25) is 0 Å². The molecule has 1 fully saturated rings. The van der Waals surface area contributed by atoms with E-state index in [1.807, 2.05) is 14.0 Å². The number of hydrogen-bond acceptors (Lipinski definition) is 1. The number of rotatable bonds is 3. The molecule has 0 spiro atoms. The van der Waals surface area contributed by atoms with Crippen LogP contribution in [0.15, 0.2) is 0 Å². The van der Waals surface area contributed by atoms with Gasteiger partial charge in [-0.25, -0.2) is 4.39 Å². The van der Waals surface area contributed by atoms with Crippen LogP contribution in [0.25, 0.3) is 0 Å². The summed E-state index contributed by atoms with van der Waals surface area (Å²) in [5.74, 6) is 0.321. The molecule has 1 aliphatic carbocycles. The molecule has 0 aliphatic heterocycles. The second-order valence-electron chi connectivity index (χ2n) is 3.92. The lowest BCUT2D eigenvalue weighted by molar-refractivity contribution is 0.147. The highest BCUT2D eigenvalue weighted by Gasteiger charge is 2.26. The molecule has 0 bridgehead atoms. The van der Waals surface area contributed by atoms with E-state index in [4.69, 9.17) is 0 Å². The lowest BCUT2D eigenvalue weighted by atomic mass is 9.84. The summed E-state index contributed by atoms with van der Waals surface area (Å²) in [5, 5.41) is 2.99. The van der Waals surface area contributed by atoms with Crippen molar-refractivity contribution in [2.24, 2.45) is 5.92 Å². The van der Waals surface area contributed by atoms with Gasteiger partial charge in [-0.1, -0.05) is 19.3 Å². The van der Waals surface area contributed by atoms with E-state index in [1.165, 1.54) is 19.3 Å². The van der Waals surface area contributed by atoms with E-state index in [9.17, 15) is 4.39 Å². The van der Waals surface area contributed by atoms with Crippen LogP contribution < -0.4 is 5.32 Å². The van der Waals surface area contributed by atoms with Crippen LogP contribution in [-0.2, 0) is 0 Å². The Morgan fingerprint density at radius 2 is 1.83 bits per heavy atom. The first kappa shape index (κ1) is 9.97. The Kier molecular flexibility index (Phi) is 3.99. The van der Waals surface area contributed by atoms with E-state index in [-0.39, 0.29) is 6.04 Å². The Bertz CT molecular complexity index is 121. The fourth-order valence-electron chi connectivity index (χ4n) is 2.02. The fourth-order valence-corrected chi connectivity index (χ4v) is 2.02. The summed E-state index contributed by atoms with van der Waals surface area (Å²) in [5.41, 5.74) is 0. The molecule has 1 aliphatic rings. The predicted octanol–water partition coefficient (Wildman–Crippen LogP) is 2.51. The Morgan fingerprint density at radius 3 is 2.33 bits per heavy atom. The first-order valence-electron chi connectivity index (χ1n) is 5.07. The molecule has 12 heavy (non-hydrogen) atoms. The van der Waals surface area contributed by atoms with E-state index in [2.05, 4.69) is 5.32 Å². The Balaban J connectivity index is 2.33. The standard InChI is InChI=1S/C10H20FN/c1-8(12-2)10(11)9-6-4-3-5-7-9/h8-10,12H,3-7H2,1-2H3. The number of halogens is 1. The molecule has 0 radical (unpaired) electrons. The number of nitrogens with one attached hydrogen (secondary N) is 1. The molecule has 2 unspecified atom stereocenters. The van der Waals surface area contributed by atoms with E-state index in [0.717, 1.165) is 12.8 Å². The van der Waals surface area contributed by atoms with Gasteiger partial charge in [-0.2, -0.15) is 0 Å². The van der Waals surface area contributed by atoms with Crippen LogP contribution >= 0.6 is 0 Å². The van der Waals surface area contributed by atoms with Crippen LogP contribution in [0.4, 0.5) is 4.39 Å². The molecule has 0 aromatic carbocycles. The molecule has 1 nitrogen and oxygen atoms in total. The average molecular weight is 173 g/mol. The van der Waals surface area contributed by atoms with Crippen LogP contribution in [-0.4, -0.2) is 19.3 Å². The van der Waals surface area contributed by atoms with Gasteiger partial charge >= 0.3 is 0 Å². The molecule has 2 atom stereocenters. The summed E-state index contributed by atoms with van der Waals surface area (Å²) in [6.45, 7) is 1.93. The van der Waals surface area contributed by atoms with Gasteiger partial charge in [-0.15, -0.1) is 0 Å². The highest BCUT2D eigenvalue weighted by molar-refractivity contribution is 4.80. The van der Waals surface area contributed by atoms with Crippen LogP contribution in [0, 0.1) is 5.92 Å². The van der Waals surface area contributed by atoms with Gasteiger partial charge in [0.05, 0.1) is 0 Å². The SMILES string of the molecule is CNC(C)C(F)C1CCCCC1. The molecule has 0 saturated heterocycles.